The Morgan fingerprint density at radius 3 is 2.25 bits per heavy atom. The molecular weight excluding hydrogens is 404 g/mol. The molecule has 32 heavy (non-hydrogen) atoms. The van der Waals surface area contributed by atoms with Crippen LogP contribution in [0, 0.1) is 16.7 Å². The number of hydrogen-bond donors (Lipinski definition) is 6. The van der Waals surface area contributed by atoms with Crippen LogP contribution in [0.2, 0.25) is 0 Å². The van der Waals surface area contributed by atoms with Crippen LogP contribution in [0.4, 0.5) is 0 Å². The van der Waals surface area contributed by atoms with E-state index in [9.17, 15) is 4.79 Å². The minimum absolute atomic E-state index is 0.00920. The average Bonchev–Trinajstić information content (AvgIpc) is 3.13. The van der Waals surface area contributed by atoms with E-state index in [0.717, 1.165) is 27.7 Å². The molecule has 0 radical (unpaired) electrons. The zero-order chi connectivity index (χ0) is 23.4. The van der Waals surface area contributed by atoms with Crippen LogP contribution in [0.3, 0.4) is 0 Å². The SMILES string of the molecule is COC(=O)C(NCCc1c(-c2ccc(C(=N)N)cc2)[nH]c2cc(C(=N)N)ccc12)C(C)C. The Morgan fingerprint density at radius 1 is 1.06 bits per heavy atom. The molecule has 0 aliphatic carbocycles. The summed E-state index contributed by atoms with van der Waals surface area (Å²) in [6.45, 7) is 4.54. The van der Waals surface area contributed by atoms with E-state index in [0.29, 0.717) is 24.1 Å². The van der Waals surface area contributed by atoms with E-state index in [-0.39, 0.29) is 29.6 Å². The predicted octanol–water partition coefficient (Wildman–Crippen LogP) is 2.73. The van der Waals surface area contributed by atoms with Crippen molar-refractivity contribution in [2.24, 2.45) is 17.4 Å². The zero-order valence-corrected chi connectivity index (χ0v) is 18.6. The number of carbonyl (C=O) groups excluding carboxylic acids is 1. The molecular formula is C24H30N6O2. The molecule has 3 rings (SSSR count). The lowest BCUT2D eigenvalue weighted by atomic mass is 10.00. The quantitative estimate of drug-likeness (QED) is 0.174. The lowest BCUT2D eigenvalue weighted by Gasteiger charge is -2.20. The van der Waals surface area contributed by atoms with E-state index in [1.165, 1.54) is 7.11 Å². The molecule has 168 valence electrons. The van der Waals surface area contributed by atoms with Crippen molar-refractivity contribution in [1.29, 1.82) is 10.8 Å². The normalized spacial score (nSPS) is 12.1. The molecule has 1 atom stereocenters. The summed E-state index contributed by atoms with van der Waals surface area (Å²) in [6, 6.07) is 12.8. The van der Waals surface area contributed by atoms with Gasteiger partial charge in [0.15, 0.2) is 0 Å². The number of rotatable bonds is 9. The molecule has 0 bridgehead atoms. The molecule has 2 aromatic carbocycles. The number of nitrogens with two attached hydrogens (primary N) is 2. The van der Waals surface area contributed by atoms with Gasteiger partial charge in [0, 0.05) is 34.3 Å². The molecule has 8 heteroatoms. The molecule has 0 saturated heterocycles. The number of amidine groups is 2. The summed E-state index contributed by atoms with van der Waals surface area (Å²) in [5, 5.41) is 19.7. The Balaban J connectivity index is 1.98. The molecule has 1 aromatic heterocycles. The van der Waals surface area contributed by atoms with Gasteiger partial charge in [-0.15, -0.1) is 0 Å². The van der Waals surface area contributed by atoms with Crippen molar-refractivity contribution >= 4 is 28.5 Å². The molecule has 0 aliphatic heterocycles. The highest BCUT2D eigenvalue weighted by Gasteiger charge is 2.22. The van der Waals surface area contributed by atoms with Gasteiger partial charge in [0.05, 0.1) is 7.11 Å². The van der Waals surface area contributed by atoms with Crippen LogP contribution >= 0.6 is 0 Å². The molecule has 0 spiro atoms. The second-order valence-corrected chi connectivity index (χ2v) is 8.09. The van der Waals surface area contributed by atoms with Gasteiger partial charge in [-0.05, 0) is 29.5 Å². The Bertz CT molecular complexity index is 1150. The van der Waals surface area contributed by atoms with Crippen LogP contribution in [-0.2, 0) is 16.0 Å². The minimum atomic E-state index is -0.382. The first-order chi connectivity index (χ1) is 15.2. The fourth-order valence-corrected chi connectivity index (χ4v) is 3.82. The molecule has 0 aliphatic rings. The number of aromatic nitrogens is 1. The first-order valence-corrected chi connectivity index (χ1v) is 10.5. The third kappa shape index (κ3) is 4.81. The number of fused-ring (bicyclic) bond motifs is 1. The highest BCUT2D eigenvalue weighted by atomic mass is 16.5. The van der Waals surface area contributed by atoms with Gasteiger partial charge in [0.1, 0.15) is 17.7 Å². The number of nitrogen functional groups attached to an aromatic ring is 2. The van der Waals surface area contributed by atoms with E-state index in [4.69, 9.17) is 27.0 Å². The fraction of sp³-hybridized carbons (Fsp3) is 0.292. The molecule has 0 fully saturated rings. The summed E-state index contributed by atoms with van der Waals surface area (Å²) in [6.07, 6.45) is 0.670. The predicted molar refractivity (Wildman–Crippen MR) is 128 cm³/mol. The average molecular weight is 435 g/mol. The Hall–Kier alpha value is -3.65. The second-order valence-electron chi connectivity index (χ2n) is 8.09. The molecule has 1 heterocycles. The van der Waals surface area contributed by atoms with E-state index in [2.05, 4.69) is 10.3 Å². The Labute approximate surface area is 187 Å². The van der Waals surface area contributed by atoms with Crippen molar-refractivity contribution in [2.45, 2.75) is 26.3 Å². The molecule has 3 aromatic rings. The van der Waals surface area contributed by atoms with E-state index in [1.54, 1.807) is 0 Å². The lowest BCUT2D eigenvalue weighted by Crippen LogP contribution is -2.42. The standard InChI is InChI=1S/C24H30N6O2/c1-13(2)20(24(31)32-3)29-11-10-18-17-9-8-16(23(27)28)12-19(17)30-21(18)14-4-6-15(7-5-14)22(25)26/h4-9,12-13,20,29-30H,10-11H2,1-3H3,(H3,25,26)(H3,27,28). The van der Waals surface area contributed by atoms with Crippen molar-refractivity contribution in [2.75, 3.05) is 13.7 Å². The third-order valence-corrected chi connectivity index (χ3v) is 5.56. The summed E-state index contributed by atoms with van der Waals surface area (Å²) in [5.74, 6) is -0.145. The summed E-state index contributed by atoms with van der Waals surface area (Å²) in [7, 11) is 1.40. The second kappa shape index (κ2) is 9.65. The van der Waals surface area contributed by atoms with Crippen LogP contribution in [-0.4, -0.2) is 42.3 Å². The Morgan fingerprint density at radius 2 is 1.69 bits per heavy atom. The summed E-state index contributed by atoms with van der Waals surface area (Å²) in [4.78, 5) is 15.5. The van der Waals surface area contributed by atoms with Gasteiger partial charge in [-0.25, -0.2) is 0 Å². The smallest absolute Gasteiger partial charge is 0.323 e. The van der Waals surface area contributed by atoms with Gasteiger partial charge >= 0.3 is 5.97 Å². The number of nitrogens with one attached hydrogen (secondary N) is 4. The highest BCUT2D eigenvalue weighted by molar-refractivity contribution is 6.01. The van der Waals surface area contributed by atoms with Crippen molar-refractivity contribution < 1.29 is 9.53 Å². The number of H-pyrrole nitrogens is 1. The first kappa shape index (κ1) is 23.0. The highest BCUT2D eigenvalue weighted by Crippen LogP contribution is 2.31. The number of ether oxygens (including phenoxy) is 1. The number of aromatic amines is 1. The lowest BCUT2D eigenvalue weighted by molar-refractivity contribution is -0.144. The van der Waals surface area contributed by atoms with Crippen molar-refractivity contribution in [3.05, 3.63) is 59.2 Å². The molecule has 0 saturated carbocycles. The van der Waals surface area contributed by atoms with Crippen LogP contribution in [0.25, 0.3) is 22.2 Å². The van der Waals surface area contributed by atoms with Crippen molar-refractivity contribution in [1.82, 2.24) is 10.3 Å². The maximum atomic E-state index is 12.1. The molecule has 1 unspecified atom stereocenters. The fourth-order valence-electron chi connectivity index (χ4n) is 3.82. The summed E-state index contributed by atoms with van der Waals surface area (Å²) < 4.78 is 4.92. The van der Waals surface area contributed by atoms with E-state index in [1.807, 2.05) is 56.3 Å². The van der Waals surface area contributed by atoms with Gasteiger partial charge in [-0.1, -0.05) is 50.2 Å². The Kier molecular flexibility index (Phi) is 6.95. The van der Waals surface area contributed by atoms with Crippen molar-refractivity contribution in [3.63, 3.8) is 0 Å². The third-order valence-electron chi connectivity index (χ3n) is 5.56. The van der Waals surface area contributed by atoms with Gasteiger partial charge in [0.25, 0.3) is 0 Å². The van der Waals surface area contributed by atoms with Crippen LogP contribution in [0.1, 0.15) is 30.5 Å². The molecule has 0 amide bonds. The van der Waals surface area contributed by atoms with Gasteiger partial charge in [-0.3, -0.25) is 15.6 Å². The summed E-state index contributed by atoms with van der Waals surface area (Å²) >= 11 is 0. The van der Waals surface area contributed by atoms with E-state index < -0.39 is 0 Å². The maximum Gasteiger partial charge on any atom is 0.323 e. The van der Waals surface area contributed by atoms with Crippen molar-refractivity contribution in [3.8, 4) is 11.3 Å². The van der Waals surface area contributed by atoms with Gasteiger partial charge in [-0.2, -0.15) is 0 Å². The maximum absolute atomic E-state index is 12.1. The molecule has 8 N–H and O–H groups in total. The molecule has 8 nitrogen and oxygen atoms in total. The zero-order valence-electron chi connectivity index (χ0n) is 18.6. The number of hydrogen-bond acceptors (Lipinski definition) is 5. The van der Waals surface area contributed by atoms with E-state index >= 15 is 0 Å². The number of methoxy groups -OCH3 is 1. The summed E-state index contributed by atoms with van der Waals surface area (Å²) in [5.41, 5.74) is 16.4. The van der Waals surface area contributed by atoms with Crippen LogP contribution in [0.5, 0.6) is 0 Å². The largest absolute Gasteiger partial charge is 0.468 e. The van der Waals surface area contributed by atoms with Gasteiger partial charge < -0.3 is 26.5 Å². The number of esters is 1. The first-order valence-electron chi connectivity index (χ1n) is 10.5. The monoisotopic (exact) mass is 434 g/mol. The van der Waals surface area contributed by atoms with Crippen LogP contribution in [0.15, 0.2) is 42.5 Å². The topological polar surface area (TPSA) is 154 Å². The van der Waals surface area contributed by atoms with Crippen LogP contribution < -0.4 is 16.8 Å². The van der Waals surface area contributed by atoms with Gasteiger partial charge in [0.2, 0.25) is 0 Å². The number of benzene rings is 2. The minimum Gasteiger partial charge on any atom is -0.468 e. The number of carbonyl (C=O) groups is 1.